The highest BCUT2D eigenvalue weighted by Gasteiger charge is 2.12. The van der Waals surface area contributed by atoms with Crippen molar-refractivity contribution >= 4 is 17.1 Å². The number of nitro groups is 1. The van der Waals surface area contributed by atoms with Gasteiger partial charge in [0.15, 0.2) is 0 Å². The average molecular weight is 279 g/mol. The Morgan fingerprint density at radius 3 is 2.40 bits per heavy atom. The summed E-state index contributed by atoms with van der Waals surface area (Å²) in [5.74, 6) is 0. The molecule has 0 saturated heterocycles. The zero-order valence-electron chi connectivity index (χ0n) is 12.6. The van der Waals surface area contributed by atoms with E-state index in [1.807, 2.05) is 6.07 Å². The maximum Gasteiger partial charge on any atom is 0.273 e. The molecule has 0 spiro atoms. The minimum atomic E-state index is -0.354. The van der Waals surface area contributed by atoms with E-state index in [0.717, 1.165) is 30.6 Å². The van der Waals surface area contributed by atoms with Crippen molar-refractivity contribution in [1.29, 1.82) is 0 Å². The van der Waals surface area contributed by atoms with Crippen molar-refractivity contribution in [1.82, 2.24) is 0 Å². The van der Waals surface area contributed by atoms with Crippen molar-refractivity contribution in [3.8, 4) is 0 Å². The molecule has 0 fully saturated rings. The van der Waals surface area contributed by atoms with Crippen molar-refractivity contribution < 1.29 is 4.92 Å². The Kier molecular flexibility index (Phi) is 6.84. The second kappa shape index (κ2) is 8.40. The van der Waals surface area contributed by atoms with Gasteiger partial charge in [-0.2, -0.15) is 0 Å². The largest absolute Gasteiger partial charge is 0.388 e. The zero-order chi connectivity index (χ0) is 15.0. The van der Waals surface area contributed by atoms with Gasteiger partial charge in [0, 0.05) is 36.6 Å². The molecule has 0 heterocycles. The van der Waals surface area contributed by atoms with Crippen LogP contribution in [-0.2, 0) is 0 Å². The third kappa shape index (κ3) is 5.07. The van der Waals surface area contributed by atoms with Crippen LogP contribution in [0, 0.1) is 10.1 Å². The highest BCUT2D eigenvalue weighted by atomic mass is 16.6. The Labute approximate surface area is 120 Å². The van der Waals surface area contributed by atoms with Gasteiger partial charge in [-0.15, -0.1) is 0 Å². The molecule has 1 aromatic carbocycles. The SMILES string of the molecule is CCCCC(CCC)Nc1cc(NC)cc([N+](=O)[O-])c1. The number of hydrogen-bond acceptors (Lipinski definition) is 4. The summed E-state index contributed by atoms with van der Waals surface area (Å²) in [6, 6.07) is 5.45. The van der Waals surface area contributed by atoms with Gasteiger partial charge in [-0.3, -0.25) is 10.1 Å². The highest BCUT2D eigenvalue weighted by Crippen LogP contribution is 2.25. The number of rotatable bonds is 9. The van der Waals surface area contributed by atoms with E-state index >= 15 is 0 Å². The number of nitrogens with zero attached hydrogens (tertiary/aromatic N) is 1. The summed E-state index contributed by atoms with van der Waals surface area (Å²) in [4.78, 5) is 10.6. The van der Waals surface area contributed by atoms with Crippen LogP contribution in [0.2, 0.25) is 0 Å². The quantitative estimate of drug-likeness (QED) is 0.519. The normalized spacial score (nSPS) is 11.9. The minimum absolute atomic E-state index is 0.116. The summed E-state index contributed by atoms with van der Waals surface area (Å²) in [7, 11) is 1.77. The lowest BCUT2D eigenvalue weighted by Crippen LogP contribution is -2.19. The van der Waals surface area contributed by atoms with Crippen LogP contribution in [0.1, 0.15) is 46.0 Å². The molecule has 0 radical (unpaired) electrons. The Morgan fingerprint density at radius 2 is 1.85 bits per heavy atom. The van der Waals surface area contributed by atoms with Gasteiger partial charge in [0.1, 0.15) is 0 Å². The third-order valence-electron chi connectivity index (χ3n) is 3.33. The lowest BCUT2D eigenvalue weighted by molar-refractivity contribution is -0.384. The Hall–Kier alpha value is -1.78. The maximum atomic E-state index is 11.0. The first-order valence-electron chi connectivity index (χ1n) is 7.34. The Balaban J connectivity index is 2.87. The first-order valence-corrected chi connectivity index (χ1v) is 7.34. The number of non-ortho nitro benzene ring substituents is 1. The number of nitrogens with one attached hydrogen (secondary N) is 2. The Bertz CT molecular complexity index is 435. The molecule has 112 valence electrons. The van der Waals surface area contributed by atoms with Gasteiger partial charge in [-0.25, -0.2) is 0 Å². The van der Waals surface area contributed by atoms with Crippen LogP contribution >= 0.6 is 0 Å². The summed E-state index contributed by atoms with van der Waals surface area (Å²) in [5.41, 5.74) is 1.69. The lowest BCUT2D eigenvalue weighted by atomic mass is 10.0. The molecule has 1 aromatic rings. The molecule has 0 aromatic heterocycles. The van der Waals surface area contributed by atoms with Crippen molar-refractivity contribution in [2.24, 2.45) is 0 Å². The van der Waals surface area contributed by atoms with Gasteiger partial charge in [0.25, 0.3) is 5.69 Å². The van der Waals surface area contributed by atoms with Crippen LogP contribution in [0.25, 0.3) is 0 Å². The van der Waals surface area contributed by atoms with Gasteiger partial charge in [-0.1, -0.05) is 33.1 Å². The fourth-order valence-electron chi connectivity index (χ4n) is 2.27. The molecule has 20 heavy (non-hydrogen) atoms. The van der Waals surface area contributed by atoms with Crippen molar-refractivity contribution in [2.75, 3.05) is 17.7 Å². The fraction of sp³-hybridized carbons (Fsp3) is 0.600. The molecule has 5 heteroatoms. The fourth-order valence-corrected chi connectivity index (χ4v) is 2.27. The van der Waals surface area contributed by atoms with Crippen LogP contribution in [0.5, 0.6) is 0 Å². The van der Waals surface area contributed by atoms with E-state index < -0.39 is 0 Å². The number of nitro benzene ring substituents is 1. The van der Waals surface area contributed by atoms with Gasteiger partial charge >= 0.3 is 0 Å². The molecule has 2 N–H and O–H groups in total. The summed E-state index contributed by atoms with van der Waals surface area (Å²) in [5, 5.41) is 17.4. The third-order valence-corrected chi connectivity index (χ3v) is 3.33. The maximum absolute atomic E-state index is 11.0. The van der Waals surface area contributed by atoms with Crippen LogP contribution < -0.4 is 10.6 Å². The van der Waals surface area contributed by atoms with E-state index in [9.17, 15) is 10.1 Å². The molecule has 1 unspecified atom stereocenters. The summed E-state index contributed by atoms with van der Waals surface area (Å²) in [6.07, 6.45) is 5.62. The Morgan fingerprint density at radius 1 is 1.15 bits per heavy atom. The van der Waals surface area contributed by atoms with Crippen LogP contribution in [0.4, 0.5) is 17.1 Å². The molecular formula is C15H25N3O2. The van der Waals surface area contributed by atoms with E-state index in [1.165, 1.54) is 12.8 Å². The van der Waals surface area contributed by atoms with E-state index in [4.69, 9.17) is 0 Å². The molecule has 1 rings (SSSR count). The molecule has 0 saturated carbocycles. The first-order chi connectivity index (χ1) is 9.60. The minimum Gasteiger partial charge on any atom is -0.388 e. The molecule has 0 amide bonds. The smallest absolute Gasteiger partial charge is 0.273 e. The molecule has 0 aliphatic rings. The van der Waals surface area contributed by atoms with Crippen LogP contribution in [0.15, 0.2) is 18.2 Å². The zero-order valence-corrected chi connectivity index (χ0v) is 12.6. The predicted molar refractivity (Wildman–Crippen MR) is 84.5 cm³/mol. The molecule has 1 atom stereocenters. The van der Waals surface area contributed by atoms with Gasteiger partial charge in [0.05, 0.1) is 4.92 Å². The van der Waals surface area contributed by atoms with Crippen molar-refractivity contribution in [3.63, 3.8) is 0 Å². The van der Waals surface area contributed by atoms with Gasteiger partial charge in [-0.05, 0) is 18.9 Å². The summed E-state index contributed by atoms with van der Waals surface area (Å²) in [6.45, 7) is 4.34. The average Bonchev–Trinajstić information content (AvgIpc) is 2.44. The second-order valence-corrected chi connectivity index (χ2v) is 5.05. The molecule has 5 nitrogen and oxygen atoms in total. The van der Waals surface area contributed by atoms with Gasteiger partial charge in [0.2, 0.25) is 0 Å². The highest BCUT2D eigenvalue weighted by molar-refractivity contribution is 5.63. The number of unbranched alkanes of at least 4 members (excludes halogenated alkanes) is 1. The molecule has 0 aliphatic carbocycles. The topological polar surface area (TPSA) is 67.2 Å². The lowest BCUT2D eigenvalue weighted by Gasteiger charge is -2.19. The number of benzene rings is 1. The number of hydrogen-bond donors (Lipinski definition) is 2. The number of anilines is 2. The monoisotopic (exact) mass is 279 g/mol. The molecular weight excluding hydrogens is 254 g/mol. The van der Waals surface area contributed by atoms with E-state index in [1.54, 1.807) is 19.2 Å². The summed E-state index contributed by atoms with van der Waals surface area (Å²) < 4.78 is 0. The summed E-state index contributed by atoms with van der Waals surface area (Å²) >= 11 is 0. The standard InChI is InChI=1S/C15H25N3O2/c1-4-6-8-12(7-5-2)17-14-9-13(16-3)10-15(11-14)18(19)20/h9-12,16-17H,4-8H2,1-3H3. The van der Waals surface area contributed by atoms with E-state index in [-0.39, 0.29) is 10.6 Å². The van der Waals surface area contributed by atoms with E-state index in [2.05, 4.69) is 24.5 Å². The van der Waals surface area contributed by atoms with Crippen LogP contribution in [0.3, 0.4) is 0 Å². The van der Waals surface area contributed by atoms with Crippen molar-refractivity contribution in [3.05, 3.63) is 28.3 Å². The second-order valence-electron chi connectivity index (χ2n) is 5.05. The first kappa shape index (κ1) is 16.3. The predicted octanol–water partition coefficient (Wildman–Crippen LogP) is 4.41. The van der Waals surface area contributed by atoms with Gasteiger partial charge < -0.3 is 10.6 Å². The van der Waals surface area contributed by atoms with E-state index in [0.29, 0.717) is 6.04 Å². The molecule has 0 bridgehead atoms. The van der Waals surface area contributed by atoms with Crippen molar-refractivity contribution in [2.45, 2.75) is 52.0 Å². The molecule has 0 aliphatic heterocycles. The van der Waals surface area contributed by atoms with Crippen LogP contribution in [-0.4, -0.2) is 18.0 Å².